The topological polar surface area (TPSA) is 67.5 Å². The van der Waals surface area contributed by atoms with Crippen LogP contribution >= 0.6 is 0 Å². The molecule has 0 fully saturated rings. The van der Waals surface area contributed by atoms with E-state index in [0.29, 0.717) is 11.6 Å². The Kier molecular flexibility index (Phi) is 4.54. The number of carbonyl (C=O) groups excluding carboxylic acids is 1. The van der Waals surface area contributed by atoms with Crippen molar-refractivity contribution in [2.75, 3.05) is 0 Å². The number of benzene rings is 2. The summed E-state index contributed by atoms with van der Waals surface area (Å²) in [5.41, 5.74) is -1.79. The standard InChI is InChI=1S/C19H13F3O4/c1-9(23)7-11(10-5-3-2-4-6-10)14-17(24)12-8-13(20)15(21)16(22)18(12)26-19(14)25/h2-6,8,11,24H,7H2,1H3. The molecule has 0 saturated carbocycles. The monoisotopic (exact) mass is 362 g/mol. The number of ketones is 1. The zero-order valence-electron chi connectivity index (χ0n) is 13.6. The number of hydrogen-bond donors (Lipinski definition) is 1. The van der Waals surface area contributed by atoms with Crippen molar-refractivity contribution in [1.82, 2.24) is 0 Å². The summed E-state index contributed by atoms with van der Waals surface area (Å²) in [6, 6.07) is 8.91. The average molecular weight is 362 g/mol. The molecule has 0 radical (unpaired) electrons. The SMILES string of the molecule is CC(=O)CC(c1ccccc1)c1c(O)c2cc(F)c(F)c(F)c2oc1=O. The number of carbonyl (C=O) groups is 1. The van der Waals surface area contributed by atoms with E-state index in [9.17, 15) is 27.9 Å². The number of halogens is 3. The molecule has 1 aromatic heterocycles. The molecule has 1 N–H and O–H groups in total. The van der Waals surface area contributed by atoms with Crippen molar-refractivity contribution in [1.29, 1.82) is 0 Å². The summed E-state index contributed by atoms with van der Waals surface area (Å²) >= 11 is 0. The van der Waals surface area contributed by atoms with Gasteiger partial charge in [-0.1, -0.05) is 30.3 Å². The number of hydrogen-bond acceptors (Lipinski definition) is 4. The van der Waals surface area contributed by atoms with Gasteiger partial charge in [0.2, 0.25) is 5.82 Å². The van der Waals surface area contributed by atoms with Gasteiger partial charge in [0.25, 0.3) is 0 Å². The maximum Gasteiger partial charge on any atom is 0.343 e. The first-order valence-corrected chi connectivity index (χ1v) is 7.68. The Labute approximate surface area is 145 Å². The van der Waals surface area contributed by atoms with Crippen LogP contribution in [0.5, 0.6) is 5.75 Å². The van der Waals surface area contributed by atoms with Crippen LogP contribution in [0.1, 0.15) is 30.4 Å². The molecule has 0 aliphatic heterocycles. The zero-order chi connectivity index (χ0) is 19.0. The van der Waals surface area contributed by atoms with Gasteiger partial charge < -0.3 is 9.52 Å². The van der Waals surface area contributed by atoms with E-state index in [4.69, 9.17) is 4.42 Å². The first-order valence-electron chi connectivity index (χ1n) is 7.68. The maximum absolute atomic E-state index is 13.9. The van der Waals surface area contributed by atoms with Crippen molar-refractivity contribution < 1.29 is 27.5 Å². The third-order valence-electron chi connectivity index (χ3n) is 4.08. The molecule has 26 heavy (non-hydrogen) atoms. The van der Waals surface area contributed by atoms with Gasteiger partial charge in [-0.15, -0.1) is 0 Å². The van der Waals surface area contributed by atoms with Crippen LogP contribution in [0.2, 0.25) is 0 Å². The van der Waals surface area contributed by atoms with Gasteiger partial charge in [0.05, 0.1) is 10.9 Å². The van der Waals surface area contributed by atoms with Crippen LogP contribution in [0.15, 0.2) is 45.6 Å². The lowest BCUT2D eigenvalue weighted by molar-refractivity contribution is -0.117. The molecule has 2 aromatic carbocycles. The van der Waals surface area contributed by atoms with Crippen molar-refractivity contribution in [3.63, 3.8) is 0 Å². The van der Waals surface area contributed by atoms with E-state index >= 15 is 0 Å². The molecule has 4 nitrogen and oxygen atoms in total. The fourth-order valence-electron chi connectivity index (χ4n) is 2.91. The van der Waals surface area contributed by atoms with Gasteiger partial charge >= 0.3 is 5.63 Å². The first kappa shape index (κ1) is 17.7. The van der Waals surface area contributed by atoms with Crippen LogP contribution in [0.3, 0.4) is 0 Å². The molecule has 134 valence electrons. The molecule has 1 heterocycles. The van der Waals surface area contributed by atoms with Crippen molar-refractivity contribution in [2.45, 2.75) is 19.3 Å². The molecule has 0 aliphatic carbocycles. The molecule has 1 unspecified atom stereocenters. The van der Waals surface area contributed by atoms with E-state index in [1.807, 2.05) is 0 Å². The molecular weight excluding hydrogens is 349 g/mol. The number of fused-ring (bicyclic) bond motifs is 1. The van der Waals surface area contributed by atoms with Gasteiger partial charge in [0, 0.05) is 12.3 Å². The van der Waals surface area contributed by atoms with Crippen LogP contribution in [-0.4, -0.2) is 10.9 Å². The Balaban J connectivity index is 2.33. The van der Waals surface area contributed by atoms with E-state index in [0.717, 1.165) is 0 Å². The second kappa shape index (κ2) is 6.67. The highest BCUT2D eigenvalue weighted by Gasteiger charge is 2.28. The minimum absolute atomic E-state index is 0.139. The van der Waals surface area contributed by atoms with E-state index in [1.165, 1.54) is 6.92 Å². The van der Waals surface area contributed by atoms with Crippen LogP contribution in [0.4, 0.5) is 13.2 Å². The Morgan fingerprint density at radius 1 is 1.15 bits per heavy atom. The second-order valence-electron chi connectivity index (χ2n) is 5.88. The summed E-state index contributed by atoms with van der Waals surface area (Å²) in [5, 5.41) is 10.0. The normalized spacial score (nSPS) is 12.3. The average Bonchev–Trinajstić information content (AvgIpc) is 2.61. The van der Waals surface area contributed by atoms with Gasteiger partial charge in [-0.2, -0.15) is 4.39 Å². The van der Waals surface area contributed by atoms with Crippen LogP contribution < -0.4 is 5.63 Å². The Morgan fingerprint density at radius 3 is 2.42 bits per heavy atom. The first-order chi connectivity index (χ1) is 12.3. The third-order valence-corrected chi connectivity index (χ3v) is 4.08. The molecule has 3 rings (SSSR count). The molecule has 0 aliphatic rings. The number of rotatable bonds is 4. The molecular formula is C19H13F3O4. The lowest BCUT2D eigenvalue weighted by Gasteiger charge is -2.17. The van der Waals surface area contributed by atoms with Crippen molar-refractivity contribution in [3.8, 4) is 5.75 Å². The van der Waals surface area contributed by atoms with Crippen molar-refractivity contribution in [2.24, 2.45) is 0 Å². The van der Waals surface area contributed by atoms with Gasteiger partial charge in [-0.3, -0.25) is 4.79 Å². The third kappa shape index (κ3) is 2.96. The van der Waals surface area contributed by atoms with E-state index in [2.05, 4.69) is 0 Å². The molecule has 0 bridgehead atoms. The Bertz CT molecular complexity index is 1060. The Hall–Kier alpha value is -3.09. The predicted octanol–water partition coefficient (Wildman–Crippen LogP) is 4.03. The largest absolute Gasteiger partial charge is 0.507 e. The molecule has 1 atom stereocenters. The fourth-order valence-corrected chi connectivity index (χ4v) is 2.91. The summed E-state index contributed by atoms with van der Waals surface area (Å²) in [5.74, 6) is -6.95. The maximum atomic E-state index is 13.9. The smallest absolute Gasteiger partial charge is 0.343 e. The molecule has 7 heteroatoms. The highest BCUT2D eigenvalue weighted by atomic mass is 19.2. The zero-order valence-corrected chi connectivity index (χ0v) is 13.6. The number of Topliss-reactive ketones (excluding diaryl/α,β-unsaturated/α-hetero) is 1. The summed E-state index contributed by atoms with van der Waals surface area (Å²) in [4.78, 5) is 24.0. The van der Waals surface area contributed by atoms with E-state index in [-0.39, 0.29) is 17.8 Å². The van der Waals surface area contributed by atoms with Crippen LogP contribution in [0.25, 0.3) is 11.0 Å². The summed E-state index contributed by atoms with van der Waals surface area (Å²) in [6.07, 6.45) is -0.139. The summed E-state index contributed by atoms with van der Waals surface area (Å²) < 4.78 is 45.6. The second-order valence-corrected chi connectivity index (χ2v) is 5.88. The van der Waals surface area contributed by atoms with Crippen LogP contribution in [-0.2, 0) is 4.79 Å². The molecule has 0 saturated heterocycles. The lowest BCUT2D eigenvalue weighted by Crippen LogP contribution is -2.17. The van der Waals surface area contributed by atoms with Crippen LogP contribution in [0, 0.1) is 17.5 Å². The Morgan fingerprint density at radius 2 is 1.81 bits per heavy atom. The van der Waals surface area contributed by atoms with Gasteiger partial charge in [0.1, 0.15) is 11.5 Å². The highest BCUT2D eigenvalue weighted by Crippen LogP contribution is 2.37. The summed E-state index contributed by atoms with van der Waals surface area (Å²) in [7, 11) is 0. The number of aromatic hydroxyl groups is 1. The quantitative estimate of drug-likeness (QED) is 0.562. The van der Waals surface area contributed by atoms with Gasteiger partial charge in [0.15, 0.2) is 17.2 Å². The minimum atomic E-state index is -1.81. The van der Waals surface area contributed by atoms with Crippen molar-refractivity contribution >= 4 is 16.8 Å². The fraction of sp³-hybridized carbons (Fsp3) is 0.158. The van der Waals surface area contributed by atoms with E-state index in [1.54, 1.807) is 30.3 Å². The van der Waals surface area contributed by atoms with Gasteiger partial charge in [-0.25, -0.2) is 13.6 Å². The van der Waals surface area contributed by atoms with Crippen molar-refractivity contribution in [3.05, 3.63) is 75.4 Å². The molecule has 3 aromatic rings. The van der Waals surface area contributed by atoms with E-state index < -0.39 is 45.7 Å². The van der Waals surface area contributed by atoms with Gasteiger partial charge in [-0.05, 0) is 18.6 Å². The highest BCUT2D eigenvalue weighted by molar-refractivity contribution is 5.86. The lowest BCUT2D eigenvalue weighted by atomic mass is 9.87. The molecule has 0 amide bonds. The summed E-state index contributed by atoms with van der Waals surface area (Å²) in [6.45, 7) is 1.31. The predicted molar refractivity (Wildman–Crippen MR) is 87.6 cm³/mol. The molecule has 0 spiro atoms. The minimum Gasteiger partial charge on any atom is -0.507 e.